The smallest absolute Gasteiger partial charge is 0.222 e. The minimum Gasteiger partial charge on any atom is -0.497 e. The van der Waals surface area contributed by atoms with E-state index in [-0.39, 0.29) is 5.91 Å². The van der Waals surface area contributed by atoms with Crippen LogP contribution in [0.25, 0.3) is 0 Å². The van der Waals surface area contributed by atoms with Crippen LogP contribution in [0.5, 0.6) is 5.75 Å². The predicted molar refractivity (Wildman–Crippen MR) is 108 cm³/mol. The normalized spacial score (nSPS) is 10.3. The average molecular weight is 355 g/mol. The number of carbonyl (C=O) groups excluding carboxylic acids is 1. The first-order chi connectivity index (χ1) is 12.7. The number of hydrogen-bond donors (Lipinski definition) is 2. The number of benzene rings is 2. The molecule has 140 valence electrons. The third-order valence-electron chi connectivity index (χ3n) is 4.33. The highest BCUT2D eigenvalue weighted by atomic mass is 16.5. The molecule has 2 aromatic carbocycles. The molecule has 0 saturated carbocycles. The summed E-state index contributed by atoms with van der Waals surface area (Å²) >= 11 is 0. The Morgan fingerprint density at radius 2 is 1.65 bits per heavy atom. The van der Waals surface area contributed by atoms with Gasteiger partial charge in [-0.05, 0) is 55.8 Å². The molecule has 2 aromatic rings. The maximum atomic E-state index is 12.0. The Morgan fingerprint density at radius 3 is 2.23 bits per heavy atom. The number of methoxy groups -OCH3 is 1. The fourth-order valence-corrected chi connectivity index (χ4v) is 2.73. The lowest BCUT2D eigenvalue weighted by Gasteiger charge is -2.21. The van der Waals surface area contributed by atoms with E-state index >= 15 is 0 Å². The number of nitrogens with zero attached hydrogens (tertiary/aromatic N) is 1. The highest BCUT2D eigenvalue weighted by Crippen LogP contribution is 2.17. The molecule has 26 heavy (non-hydrogen) atoms. The van der Waals surface area contributed by atoms with Crippen molar-refractivity contribution in [2.45, 2.75) is 26.8 Å². The highest BCUT2D eigenvalue weighted by Gasteiger charge is 2.03. The Balaban J connectivity index is 1.70. The summed E-state index contributed by atoms with van der Waals surface area (Å²) in [6, 6.07) is 16.0. The van der Waals surface area contributed by atoms with E-state index in [1.165, 1.54) is 5.69 Å². The van der Waals surface area contributed by atoms with Crippen molar-refractivity contribution in [3.63, 3.8) is 0 Å². The molecule has 0 saturated heterocycles. The molecule has 0 bridgehead atoms. The van der Waals surface area contributed by atoms with Gasteiger partial charge < -0.3 is 20.3 Å². The number of hydrogen-bond acceptors (Lipinski definition) is 4. The van der Waals surface area contributed by atoms with Gasteiger partial charge in [-0.2, -0.15) is 0 Å². The lowest BCUT2D eigenvalue weighted by atomic mass is 10.2. The maximum absolute atomic E-state index is 12.0. The summed E-state index contributed by atoms with van der Waals surface area (Å²) in [6.45, 7) is 7.44. The van der Waals surface area contributed by atoms with E-state index in [9.17, 15) is 4.79 Å². The number of rotatable bonds is 10. The van der Waals surface area contributed by atoms with Crippen molar-refractivity contribution in [1.82, 2.24) is 5.32 Å². The predicted octanol–water partition coefficient (Wildman–Crippen LogP) is 3.66. The summed E-state index contributed by atoms with van der Waals surface area (Å²) in [6.07, 6.45) is 0.438. The lowest BCUT2D eigenvalue weighted by Crippen LogP contribution is -2.24. The molecule has 0 aliphatic heterocycles. The van der Waals surface area contributed by atoms with Crippen LogP contribution in [0.3, 0.4) is 0 Å². The fourth-order valence-electron chi connectivity index (χ4n) is 2.73. The zero-order valence-electron chi connectivity index (χ0n) is 15.9. The Morgan fingerprint density at radius 1 is 1.00 bits per heavy atom. The van der Waals surface area contributed by atoms with Gasteiger partial charge >= 0.3 is 0 Å². The Kier molecular flexibility index (Phi) is 7.80. The zero-order valence-corrected chi connectivity index (χ0v) is 15.9. The molecule has 5 nitrogen and oxygen atoms in total. The summed E-state index contributed by atoms with van der Waals surface area (Å²) in [5.41, 5.74) is 3.31. The summed E-state index contributed by atoms with van der Waals surface area (Å²) in [7, 11) is 1.64. The van der Waals surface area contributed by atoms with Crippen molar-refractivity contribution < 1.29 is 9.53 Å². The number of carbonyl (C=O) groups is 1. The molecule has 0 atom stereocenters. The van der Waals surface area contributed by atoms with Gasteiger partial charge in [0, 0.05) is 44.0 Å². The summed E-state index contributed by atoms with van der Waals surface area (Å²) in [5, 5.41) is 6.23. The van der Waals surface area contributed by atoms with Gasteiger partial charge in [-0.15, -0.1) is 0 Å². The summed E-state index contributed by atoms with van der Waals surface area (Å²) < 4.78 is 5.12. The third kappa shape index (κ3) is 5.99. The van der Waals surface area contributed by atoms with Gasteiger partial charge in [0.1, 0.15) is 5.75 Å². The van der Waals surface area contributed by atoms with Gasteiger partial charge in [-0.25, -0.2) is 0 Å². The molecular formula is C21H29N3O2. The molecule has 5 heteroatoms. The van der Waals surface area contributed by atoms with Crippen LogP contribution < -0.4 is 20.3 Å². The second-order valence-corrected chi connectivity index (χ2v) is 6.02. The van der Waals surface area contributed by atoms with Crippen LogP contribution in [0, 0.1) is 0 Å². The van der Waals surface area contributed by atoms with Gasteiger partial charge in [0.2, 0.25) is 5.91 Å². The van der Waals surface area contributed by atoms with Gasteiger partial charge in [-0.3, -0.25) is 4.79 Å². The topological polar surface area (TPSA) is 53.6 Å². The molecular weight excluding hydrogens is 326 g/mol. The molecule has 0 aromatic heterocycles. The number of anilines is 2. The van der Waals surface area contributed by atoms with Gasteiger partial charge in [0.15, 0.2) is 0 Å². The van der Waals surface area contributed by atoms with Crippen LogP contribution in [0.4, 0.5) is 11.4 Å². The van der Waals surface area contributed by atoms with Gasteiger partial charge in [-0.1, -0.05) is 12.1 Å². The van der Waals surface area contributed by atoms with E-state index in [0.29, 0.717) is 19.5 Å². The van der Waals surface area contributed by atoms with Crippen molar-refractivity contribution in [1.29, 1.82) is 0 Å². The second kappa shape index (κ2) is 10.3. The molecule has 0 heterocycles. The van der Waals surface area contributed by atoms with E-state index in [1.807, 2.05) is 24.3 Å². The molecule has 0 spiro atoms. The van der Waals surface area contributed by atoms with Crippen molar-refractivity contribution in [3.8, 4) is 5.75 Å². The van der Waals surface area contributed by atoms with Crippen LogP contribution in [-0.4, -0.2) is 32.7 Å². The van der Waals surface area contributed by atoms with E-state index < -0.39 is 0 Å². The van der Waals surface area contributed by atoms with E-state index in [4.69, 9.17) is 4.74 Å². The lowest BCUT2D eigenvalue weighted by molar-refractivity contribution is -0.121. The van der Waals surface area contributed by atoms with Crippen molar-refractivity contribution in [3.05, 3.63) is 54.1 Å². The molecule has 0 fully saturated rings. The first-order valence-corrected chi connectivity index (χ1v) is 9.14. The van der Waals surface area contributed by atoms with Gasteiger partial charge in [0.05, 0.1) is 7.11 Å². The van der Waals surface area contributed by atoms with Crippen LogP contribution in [0.1, 0.15) is 25.8 Å². The average Bonchev–Trinajstić information content (AvgIpc) is 2.69. The molecule has 0 unspecified atom stereocenters. The quantitative estimate of drug-likeness (QED) is 0.683. The molecule has 0 aliphatic rings. The van der Waals surface area contributed by atoms with Crippen LogP contribution in [-0.2, 0) is 11.3 Å². The van der Waals surface area contributed by atoms with Crippen LogP contribution in [0.2, 0.25) is 0 Å². The molecule has 0 radical (unpaired) electrons. The zero-order chi connectivity index (χ0) is 18.8. The molecule has 0 aliphatic carbocycles. The molecule has 1 amide bonds. The monoisotopic (exact) mass is 355 g/mol. The van der Waals surface area contributed by atoms with Crippen molar-refractivity contribution >= 4 is 17.3 Å². The van der Waals surface area contributed by atoms with Crippen molar-refractivity contribution in [2.75, 3.05) is 37.0 Å². The Hall–Kier alpha value is -2.69. The van der Waals surface area contributed by atoms with E-state index in [2.05, 4.69) is 53.6 Å². The standard InChI is InChI=1S/C21H29N3O2/c1-4-24(5-2)19-10-8-18(9-11-19)22-15-14-21(25)23-16-17-6-12-20(26-3)13-7-17/h6-13,22H,4-5,14-16H2,1-3H3,(H,23,25). The maximum Gasteiger partial charge on any atom is 0.222 e. The number of nitrogens with one attached hydrogen (secondary N) is 2. The summed E-state index contributed by atoms with van der Waals surface area (Å²) in [5.74, 6) is 0.851. The number of ether oxygens (including phenoxy) is 1. The first kappa shape index (κ1) is 19.6. The first-order valence-electron chi connectivity index (χ1n) is 9.14. The Labute approximate surface area is 156 Å². The minimum atomic E-state index is 0.0353. The minimum absolute atomic E-state index is 0.0353. The molecule has 2 rings (SSSR count). The Bertz CT molecular complexity index is 665. The largest absolute Gasteiger partial charge is 0.497 e. The summed E-state index contributed by atoms with van der Waals surface area (Å²) in [4.78, 5) is 14.3. The third-order valence-corrected chi connectivity index (χ3v) is 4.33. The van der Waals surface area contributed by atoms with E-state index in [0.717, 1.165) is 30.1 Å². The van der Waals surface area contributed by atoms with E-state index in [1.54, 1.807) is 7.11 Å². The number of amides is 1. The second-order valence-electron chi connectivity index (χ2n) is 6.02. The van der Waals surface area contributed by atoms with Crippen molar-refractivity contribution in [2.24, 2.45) is 0 Å². The van der Waals surface area contributed by atoms with Gasteiger partial charge in [0.25, 0.3) is 0 Å². The van der Waals surface area contributed by atoms with Crippen LogP contribution in [0.15, 0.2) is 48.5 Å². The molecule has 2 N–H and O–H groups in total. The van der Waals surface area contributed by atoms with Crippen LogP contribution >= 0.6 is 0 Å². The fraction of sp³-hybridized carbons (Fsp3) is 0.381. The highest BCUT2D eigenvalue weighted by molar-refractivity contribution is 5.76. The SMILES string of the molecule is CCN(CC)c1ccc(NCCC(=O)NCc2ccc(OC)cc2)cc1.